The van der Waals surface area contributed by atoms with Gasteiger partial charge >= 0.3 is 0 Å². The van der Waals surface area contributed by atoms with E-state index < -0.39 is 5.82 Å². The van der Waals surface area contributed by atoms with Crippen LogP contribution in [0, 0.1) is 5.82 Å². The van der Waals surface area contributed by atoms with Gasteiger partial charge in [-0.1, -0.05) is 30.3 Å². The van der Waals surface area contributed by atoms with Crippen molar-refractivity contribution in [3.05, 3.63) is 102 Å². The van der Waals surface area contributed by atoms with E-state index in [-0.39, 0.29) is 11.5 Å². The van der Waals surface area contributed by atoms with Crippen LogP contribution >= 0.6 is 0 Å². The maximum atomic E-state index is 14.1. The van der Waals surface area contributed by atoms with Gasteiger partial charge in [-0.3, -0.25) is 4.79 Å². The average molecular weight is 378 g/mol. The van der Waals surface area contributed by atoms with Gasteiger partial charge in [0, 0.05) is 25.0 Å². The Morgan fingerprint density at radius 3 is 2.75 bits per heavy atom. The number of amides is 1. The van der Waals surface area contributed by atoms with Gasteiger partial charge in [0.25, 0.3) is 5.91 Å². The molecular weight excluding hydrogens is 355 g/mol. The molecule has 0 saturated carbocycles. The topological polar surface area (TPSA) is 34.5 Å². The maximum Gasteiger partial charge on any atom is 0.257 e. The Morgan fingerprint density at radius 2 is 2.00 bits per heavy atom. The summed E-state index contributed by atoms with van der Waals surface area (Å²) in [6, 6.07) is 17.8. The molecule has 1 heterocycles. The minimum absolute atomic E-state index is 0.0650. The van der Waals surface area contributed by atoms with Crippen molar-refractivity contribution in [3.63, 3.8) is 0 Å². The number of ether oxygens (including phenoxy) is 1. The highest BCUT2D eigenvalue weighted by Crippen LogP contribution is 2.17. The molecule has 2 aromatic carbocycles. The summed E-state index contributed by atoms with van der Waals surface area (Å²) in [7, 11) is 1.64. The molecule has 1 amide bonds. The minimum Gasteiger partial charge on any atom is -0.497 e. The fraction of sp³-hybridized carbons (Fsp3) is 0.174. The number of hydrogen-bond donors (Lipinski definition) is 0. The molecular formula is C23H23FN2O2. The van der Waals surface area contributed by atoms with E-state index in [9.17, 15) is 9.18 Å². The van der Waals surface area contributed by atoms with E-state index in [0.29, 0.717) is 19.6 Å². The second kappa shape index (κ2) is 9.04. The van der Waals surface area contributed by atoms with Crippen molar-refractivity contribution < 1.29 is 13.9 Å². The molecule has 0 aliphatic rings. The average Bonchev–Trinajstić information content (AvgIpc) is 3.14. The van der Waals surface area contributed by atoms with E-state index >= 15 is 0 Å². The molecule has 0 N–H and O–H groups in total. The van der Waals surface area contributed by atoms with Crippen LogP contribution in [0.15, 0.2) is 79.5 Å². The Kier molecular flexibility index (Phi) is 6.27. The molecule has 3 rings (SSSR count). The lowest BCUT2D eigenvalue weighted by Crippen LogP contribution is -2.32. The van der Waals surface area contributed by atoms with Crippen molar-refractivity contribution in [2.45, 2.75) is 13.1 Å². The van der Waals surface area contributed by atoms with Crippen LogP contribution in [0.1, 0.15) is 21.6 Å². The normalized spacial score (nSPS) is 10.5. The Labute approximate surface area is 164 Å². The Hall–Kier alpha value is -3.34. The SMILES string of the molecule is C=CCN(Cc1cccn1Cc1cccc(OC)c1)C(=O)c1ccccc1F. The highest BCUT2D eigenvalue weighted by Gasteiger charge is 2.19. The van der Waals surface area contributed by atoms with Crippen LogP contribution < -0.4 is 4.74 Å². The van der Waals surface area contributed by atoms with Gasteiger partial charge in [-0.25, -0.2) is 4.39 Å². The second-order valence-electron chi connectivity index (χ2n) is 6.43. The van der Waals surface area contributed by atoms with Gasteiger partial charge < -0.3 is 14.2 Å². The fourth-order valence-corrected chi connectivity index (χ4v) is 3.09. The summed E-state index contributed by atoms with van der Waals surface area (Å²) in [6.07, 6.45) is 3.61. The molecule has 28 heavy (non-hydrogen) atoms. The van der Waals surface area contributed by atoms with E-state index in [1.807, 2.05) is 42.6 Å². The lowest BCUT2D eigenvalue weighted by Gasteiger charge is -2.22. The summed E-state index contributed by atoms with van der Waals surface area (Å²) >= 11 is 0. The third kappa shape index (κ3) is 4.49. The molecule has 4 nitrogen and oxygen atoms in total. The summed E-state index contributed by atoms with van der Waals surface area (Å²) in [6.45, 7) is 5.07. The highest BCUT2D eigenvalue weighted by atomic mass is 19.1. The molecule has 0 aliphatic carbocycles. The summed E-state index contributed by atoms with van der Waals surface area (Å²) in [4.78, 5) is 14.4. The van der Waals surface area contributed by atoms with Crippen LogP contribution in [0.25, 0.3) is 0 Å². The van der Waals surface area contributed by atoms with Crippen LogP contribution in [0.3, 0.4) is 0 Å². The standard InChI is InChI=1S/C23H23FN2O2/c1-3-13-26(23(27)21-11-4-5-12-22(21)24)17-19-9-7-14-25(19)16-18-8-6-10-20(15-18)28-2/h3-12,14-15H,1,13,16-17H2,2H3. The van der Waals surface area contributed by atoms with Gasteiger partial charge in [0.15, 0.2) is 0 Å². The molecule has 144 valence electrons. The van der Waals surface area contributed by atoms with Crippen LogP contribution in [-0.2, 0) is 13.1 Å². The van der Waals surface area contributed by atoms with Crippen molar-refractivity contribution in [2.75, 3.05) is 13.7 Å². The van der Waals surface area contributed by atoms with Crippen LogP contribution in [0.4, 0.5) is 4.39 Å². The Balaban J connectivity index is 1.81. The first-order valence-corrected chi connectivity index (χ1v) is 9.04. The lowest BCUT2D eigenvalue weighted by atomic mass is 10.1. The van der Waals surface area contributed by atoms with Crippen molar-refractivity contribution in [1.29, 1.82) is 0 Å². The molecule has 0 atom stereocenters. The Bertz CT molecular complexity index is 964. The summed E-state index contributed by atoms with van der Waals surface area (Å²) in [5, 5.41) is 0. The van der Waals surface area contributed by atoms with Gasteiger partial charge in [-0.2, -0.15) is 0 Å². The summed E-state index contributed by atoms with van der Waals surface area (Å²) < 4.78 is 21.4. The number of nitrogens with zero attached hydrogens (tertiary/aromatic N) is 2. The molecule has 1 aromatic heterocycles. The third-order valence-corrected chi connectivity index (χ3v) is 4.50. The third-order valence-electron chi connectivity index (χ3n) is 4.50. The first kappa shape index (κ1) is 19.4. The first-order chi connectivity index (χ1) is 13.6. The molecule has 0 fully saturated rings. The number of benzene rings is 2. The fourth-order valence-electron chi connectivity index (χ4n) is 3.09. The van der Waals surface area contributed by atoms with Gasteiger partial charge in [0.05, 0.1) is 19.2 Å². The number of carbonyl (C=O) groups excluding carboxylic acids is 1. The van der Waals surface area contributed by atoms with Crippen molar-refractivity contribution >= 4 is 5.91 Å². The number of aromatic nitrogens is 1. The zero-order valence-corrected chi connectivity index (χ0v) is 15.8. The van der Waals surface area contributed by atoms with Crippen LogP contribution in [-0.4, -0.2) is 29.0 Å². The monoisotopic (exact) mass is 378 g/mol. The van der Waals surface area contributed by atoms with E-state index in [4.69, 9.17) is 4.74 Å². The predicted octanol–water partition coefficient (Wildman–Crippen LogP) is 4.51. The molecule has 0 aliphatic heterocycles. The smallest absolute Gasteiger partial charge is 0.257 e. The molecule has 0 radical (unpaired) electrons. The molecule has 5 heteroatoms. The molecule has 3 aromatic rings. The van der Waals surface area contributed by atoms with Gasteiger partial charge in [-0.05, 0) is 42.0 Å². The van der Waals surface area contributed by atoms with E-state index in [1.165, 1.54) is 12.1 Å². The number of methoxy groups -OCH3 is 1. The molecule has 0 spiro atoms. The quantitative estimate of drug-likeness (QED) is 0.541. The number of hydrogen-bond acceptors (Lipinski definition) is 2. The van der Waals surface area contributed by atoms with Crippen molar-refractivity contribution in [3.8, 4) is 5.75 Å². The highest BCUT2D eigenvalue weighted by molar-refractivity contribution is 5.94. The van der Waals surface area contributed by atoms with E-state index in [1.54, 1.807) is 30.2 Å². The number of halogens is 1. The van der Waals surface area contributed by atoms with Gasteiger partial charge in [0.2, 0.25) is 0 Å². The van der Waals surface area contributed by atoms with Gasteiger partial charge in [-0.15, -0.1) is 6.58 Å². The summed E-state index contributed by atoms with van der Waals surface area (Å²) in [5.74, 6) is -0.0744. The molecule has 0 bridgehead atoms. The molecule has 0 unspecified atom stereocenters. The number of carbonyl (C=O) groups is 1. The van der Waals surface area contributed by atoms with E-state index in [2.05, 4.69) is 11.1 Å². The predicted molar refractivity (Wildman–Crippen MR) is 108 cm³/mol. The molecule has 0 saturated heterocycles. The van der Waals surface area contributed by atoms with E-state index in [0.717, 1.165) is 17.0 Å². The zero-order chi connectivity index (χ0) is 19.9. The summed E-state index contributed by atoms with van der Waals surface area (Å²) in [5.41, 5.74) is 2.11. The second-order valence-corrected chi connectivity index (χ2v) is 6.43. The lowest BCUT2D eigenvalue weighted by molar-refractivity contribution is 0.0754. The zero-order valence-electron chi connectivity index (χ0n) is 15.8. The van der Waals surface area contributed by atoms with Gasteiger partial charge in [0.1, 0.15) is 11.6 Å². The van der Waals surface area contributed by atoms with Crippen LogP contribution in [0.5, 0.6) is 5.75 Å². The number of rotatable bonds is 8. The Morgan fingerprint density at radius 1 is 1.18 bits per heavy atom. The van der Waals surface area contributed by atoms with Crippen LogP contribution in [0.2, 0.25) is 0 Å². The minimum atomic E-state index is -0.520. The van der Waals surface area contributed by atoms with Crippen molar-refractivity contribution in [2.24, 2.45) is 0 Å². The largest absolute Gasteiger partial charge is 0.497 e. The first-order valence-electron chi connectivity index (χ1n) is 9.04. The maximum absolute atomic E-state index is 14.1. The van der Waals surface area contributed by atoms with Crippen molar-refractivity contribution in [1.82, 2.24) is 9.47 Å².